The Kier molecular flexibility index (Phi) is 3.75. The highest BCUT2D eigenvalue weighted by Gasteiger charge is 2.13. The first-order chi connectivity index (χ1) is 9.36. The van der Waals surface area contributed by atoms with Gasteiger partial charge in [0, 0.05) is 23.7 Å². The van der Waals surface area contributed by atoms with Crippen molar-refractivity contribution in [2.45, 2.75) is 11.4 Å². The number of amides is 1. The summed E-state index contributed by atoms with van der Waals surface area (Å²) in [5.74, 6) is -0.406. The maximum atomic E-state index is 12.0. The SMILES string of the molecule is CS(=O)(=O)c1cc(N)cc(C(=O)NCc2cnc[nH]2)c1. The zero-order valence-corrected chi connectivity index (χ0v) is 11.6. The first-order valence-corrected chi connectivity index (χ1v) is 7.61. The Morgan fingerprint density at radius 2 is 2.15 bits per heavy atom. The predicted octanol–water partition coefficient (Wildman–Crippen LogP) is 0.325. The monoisotopic (exact) mass is 294 g/mol. The van der Waals surface area contributed by atoms with E-state index in [0.29, 0.717) is 0 Å². The van der Waals surface area contributed by atoms with Crippen molar-refractivity contribution in [3.8, 4) is 0 Å². The molecule has 0 aliphatic heterocycles. The lowest BCUT2D eigenvalue weighted by Gasteiger charge is -2.07. The van der Waals surface area contributed by atoms with Crippen LogP contribution in [0.15, 0.2) is 35.6 Å². The molecule has 7 nitrogen and oxygen atoms in total. The number of nitrogens with zero attached hydrogens (tertiary/aromatic N) is 1. The minimum absolute atomic E-state index is 0.0178. The molecule has 8 heteroatoms. The Hall–Kier alpha value is -2.35. The normalized spacial score (nSPS) is 11.2. The summed E-state index contributed by atoms with van der Waals surface area (Å²) in [6.45, 7) is 0.266. The molecule has 1 amide bonds. The smallest absolute Gasteiger partial charge is 0.251 e. The molecular formula is C12H14N4O3S. The largest absolute Gasteiger partial charge is 0.399 e. The van der Waals surface area contributed by atoms with Crippen molar-refractivity contribution < 1.29 is 13.2 Å². The third kappa shape index (κ3) is 3.35. The quantitative estimate of drug-likeness (QED) is 0.702. The first kappa shape index (κ1) is 14.1. The van der Waals surface area contributed by atoms with Crippen molar-refractivity contribution in [2.75, 3.05) is 12.0 Å². The zero-order valence-electron chi connectivity index (χ0n) is 10.8. The number of H-pyrrole nitrogens is 1. The van der Waals surface area contributed by atoms with Gasteiger partial charge in [-0.3, -0.25) is 4.79 Å². The molecule has 20 heavy (non-hydrogen) atoms. The van der Waals surface area contributed by atoms with Crippen molar-refractivity contribution >= 4 is 21.4 Å². The second-order valence-electron chi connectivity index (χ2n) is 4.32. The standard InChI is InChI=1S/C12H14N4O3S/c1-20(18,19)11-3-8(2-9(13)4-11)12(17)15-6-10-5-14-7-16-10/h2-5,7H,6,13H2,1H3,(H,14,16)(H,15,17). The van der Waals surface area contributed by atoms with Gasteiger partial charge in [0.05, 0.1) is 23.5 Å². The van der Waals surface area contributed by atoms with E-state index >= 15 is 0 Å². The van der Waals surface area contributed by atoms with Crippen LogP contribution in [-0.2, 0) is 16.4 Å². The van der Waals surface area contributed by atoms with Crippen molar-refractivity contribution in [2.24, 2.45) is 0 Å². The molecule has 2 aromatic rings. The molecule has 2 rings (SSSR count). The number of nitrogen functional groups attached to an aromatic ring is 1. The van der Waals surface area contributed by atoms with Gasteiger partial charge in [0.25, 0.3) is 5.91 Å². The Labute approximate surface area is 116 Å². The van der Waals surface area contributed by atoms with Crippen LogP contribution in [0.5, 0.6) is 0 Å². The Bertz CT molecular complexity index is 723. The molecule has 0 spiro atoms. The predicted molar refractivity (Wildman–Crippen MR) is 73.7 cm³/mol. The minimum Gasteiger partial charge on any atom is -0.399 e. The highest BCUT2D eigenvalue weighted by Crippen LogP contribution is 2.16. The van der Waals surface area contributed by atoms with Gasteiger partial charge in [-0.15, -0.1) is 0 Å². The van der Waals surface area contributed by atoms with Gasteiger partial charge in [0.1, 0.15) is 0 Å². The summed E-state index contributed by atoms with van der Waals surface area (Å²) in [7, 11) is -3.42. The number of aromatic amines is 1. The topological polar surface area (TPSA) is 118 Å². The van der Waals surface area contributed by atoms with Crippen molar-refractivity contribution in [1.29, 1.82) is 0 Å². The van der Waals surface area contributed by atoms with Crippen LogP contribution in [0, 0.1) is 0 Å². The molecule has 0 radical (unpaired) electrons. The summed E-state index contributed by atoms with van der Waals surface area (Å²) in [4.78, 5) is 18.7. The molecule has 4 N–H and O–H groups in total. The fourth-order valence-electron chi connectivity index (χ4n) is 1.63. The average Bonchev–Trinajstić information content (AvgIpc) is 2.87. The second-order valence-corrected chi connectivity index (χ2v) is 6.34. The number of sulfone groups is 1. The second kappa shape index (κ2) is 5.33. The molecule has 1 aromatic carbocycles. The van der Waals surface area contributed by atoms with E-state index in [1.165, 1.54) is 24.5 Å². The first-order valence-electron chi connectivity index (χ1n) is 5.72. The van der Waals surface area contributed by atoms with Gasteiger partial charge in [0.2, 0.25) is 0 Å². The molecule has 0 saturated carbocycles. The van der Waals surface area contributed by atoms with E-state index in [9.17, 15) is 13.2 Å². The maximum Gasteiger partial charge on any atom is 0.251 e. The number of benzene rings is 1. The van der Waals surface area contributed by atoms with Gasteiger partial charge in [-0.05, 0) is 18.2 Å². The third-order valence-corrected chi connectivity index (χ3v) is 3.71. The molecule has 0 aliphatic rings. The van der Waals surface area contributed by atoms with E-state index in [0.717, 1.165) is 11.9 Å². The number of carbonyl (C=O) groups is 1. The van der Waals surface area contributed by atoms with Crippen LogP contribution in [0.3, 0.4) is 0 Å². The molecule has 106 valence electrons. The summed E-state index contributed by atoms with van der Waals surface area (Å²) in [5, 5.41) is 2.65. The third-order valence-electron chi connectivity index (χ3n) is 2.61. The molecule has 0 saturated heterocycles. The lowest BCUT2D eigenvalue weighted by atomic mass is 10.2. The number of aromatic nitrogens is 2. The van der Waals surface area contributed by atoms with E-state index in [4.69, 9.17) is 5.73 Å². The van der Waals surface area contributed by atoms with Crippen LogP contribution in [0.1, 0.15) is 16.1 Å². The van der Waals surface area contributed by atoms with Crippen LogP contribution in [0.2, 0.25) is 0 Å². The van der Waals surface area contributed by atoms with E-state index in [-0.39, 0.29) is 22.7 Å². The minimum atomic E-state index is -3.42. The van der Waals surface area contributed by atoms with Gasteiger partial charge in [0.15, 0.2) is 9.84 Å². The fraction of sp³-hybridized carbons (Fsp3) is 0.167. The summed E-state index contributed by atoms with van der Waals surface area (Å²) < 4.78 is 23.0. The number of nitrogens with two attached hydrogens (primary N) is 1. The number of carbonyl (C=O) groups excluding carboxylic acids is 1. The zero-order chi connectivity index (χ0) is 14.8. The summed E-state index contributed by atoms with van der Waals surface area (Å²) in [6, 6.07) is 4.05. The van der Waals surface area contributed by atoms with E-state index in [1.54, 1.807) is 6.20 Å². The van der Waals surface area contributed by atoms with E-state index in [2.05, 4.69) is 15.3 Å². The Balaban J connectivity index is 2.19. The van der Waals surface area contributed by atoms with Gasteiger partial charge >= 0.3 is 0 Å². The molecule has 0 fully saturated rings. The van der Waals surface area contributed by atoms with Crippen LogP contribution in [0.4, 0.5) is 5.69 Å². The van der Waals surface area contributed by atoms with Gasteiger partial charge in [-0.25, -0.2) is 13.4 Å². The highest BCUT2D eigenvalue weighted by molar-refractivity contribution is 7.90. The number of nitrogens with one attached hydrogen (secondary N) is 2. The maximum absolute atomic E-state index is 12.0. The van der Waals surface area contributed by atoms with Gasteiger partial charge in [-0.1, -0.05) is 0 Å². The molecule has 1 aromatic heterocycles. The Morgan fingerprint density at radius 3 is 2.75 bits per heavy atom. The van der Waals surface area contributed by atoms with Crippen LogP contribution >= 0.6 is 0 Å². The molecule has 1 heterocycles. The number of hydrogen-bond donors (Lipinski definition) is 3. The van der Waals surface area contributed by atoms with E-state index < -0.39 is 15.7 Å². The van der Waals surface area contributed by atoms with Gasteiger partial charge < -0.3 is 16.0 Å². The molecule has 0 aliphatic carbocycles. The van der Waals surface area contributed by atoms with Crippen molar-refractivity contribution in [3.05, 3.63) is 42.0 Å². The number of hydrogen-bond acceptors (Lipinski definition) is 5. The number of imidazole rings is 1. The fourth-order valence-corrected chi connectivity index (χ4v) is 2.32. The average molecular weight is 294 g/mol. The lowest BCUT2D eigenvalue weighted by molar-refractivity contribution is 0.0950. The van der Waals surface area contributed by atoms with Crippen molar-refractivity contribution in [3.63, 3.8) is 0 Å². The summed E-state index contributed by atoms with van der Waals surface area (Å²) >= 11 is 0. The van der Waals surface area contributed by atoms with Gasteiger partial charge in [-0.2, -0.15) is 0 Å². The van der Waals surface area contributed by atoms with Crippen molar-refractivity contribution in [1.82, 2.24) is 15.3 Å². The number of anilines is 1. The lowest BCUT2D eigenvalue weighted by Crippen LogP contribution is -2.23. The Morgan fingerprint density at radius 1 is 1.40 bits per heavy atom. The molecule has 0 atom stereocenters. The summed E-state index contributed by atoms with van der Waals surface area (Å²) in [5.41, 5.74) is 6.79. The van der Waals surface area contributed by atoms with Crippen LogP contribution in [-0.4, -0.2) is 30.5 Å². The molecule has 0 bridgehead atoms. The molecule has 0 unspecified atom stereocenters. The summed E-state index contributed by atoms with van der Waals surface area (Å²) in [6.07, 6.45) is 4.15. The van der Waals surface area contributed by atoms with Crippen LogP contribution < -0.4 is 11.1 Å². The van der Waals surface area contributed by atoms with Crippen LogP contribution in [0.25, 0.3) is 0 Å². The highest BCUT2D eigenvalue weighted by atomic mass is 32.2. The molecular weight excluding hydrogens is 280 g/mol. The number of rotatable bonds is 4. The van der Waals surface area contributed by atoms with E-state index in [1.807, 2.05) is 0 Å².